The Morgan fingerprint density at radius 3 is 2.22 bits per heavy atom. The van der Waals surface area contributed by atoms with Gasteiger partial charge in [-0.15, -0.1) is 0 Å². The van der Waals surface area contributed by atoms with Gasteiger partial charge in [0.15, 0.2) is 0 Å². The van der Waals surface area contributed by atoms with Crippen LogP contribution in [0.2, 0.25) is 0 Å². The zero-order valence-corrected chi connectivity index (χ0v) is 11.6. The van der Waals surface area contributed by atoms with Crippen LogP contribution in [0.3, 0.4) is 0 Å². The molecule has 0 aromatic rings. The molecular weight excluding hydrogens is 230 g/mol. The highest BCUT2D eigenvalue weighted by atomic mass is 19.3. The minimum Gasteiger partial charge on any atom is -0.173 e. The average molecular weight is 256 g/mol. The second-order valence-electron chi connectivity index (χ2n) is 6.31. The first kappa shape index (κ1) is 14.0. The maximum absolute atomic E-state index is 12.3. The Kier molecular flexibility index (Phi) is 5.20. The van der Waals surface area contributed by atoms with Gasteiger partial charge in [-0.05, 0) is 49.0 Å². The van der Waals surface area contributed by atoms with Gasteiger partial charge in [-0.2, -0.15) is 8.78 Å². The SMILES string of the molecule is CCCCC[C@H]1CC[C@H](C2CC(=C(F)F)C2)CC1. The molecule has 2 heteroatoms. The molecule has 0 spiro atoms. The molecule has 0 nitrogen and oxygen atoms in total. The summed E-state index contributed by atoms with van der Waals surface area (Å²) in [5, 5.41) is 0. The van der Waals surface area contributed by atoms with Crippen LogP contribution in [0.5, 0.6) is 0 Å². The largest absolute Gasteiger partial charge is 0.269 e. The van der Waals surface area contributed by atoms with Crippen molar-refractivity contribution in [3.63, 3.8) is 0 Å². The standard InChI is InChI=1S/C16H26F2/c1-2-3-4-5-12-6-8-13(9-7-12)14-10-15(11-14)16(17)18/h12-14H,2-11H2,1H3/t12-,13-. The van der Waals surface area contributed by atoms with Crippen molar-refractivity contribution in [2.24, 2.45) is 17.8 Å². The lowest BCUT2D eigenvalue weighted by atomic mass is 9.66. The zero-order valence-electron chi connectivity index (χ0n) is 11.6. The molecule has 0 saturated heterocycles. The predicted octanol–water partition coefficient (Wildman–Crippen LogP) is 5.93. The van der Waals surface area contributed by atoms with Crippen LogP contribution < -0.4 is 0 Å². The topological polar surface area (TPSA) is 0 Å². The van der Waals surface area contributed by atoms with Crippen LogP contribution in [0.4, 0.5) is 8.78 Å². The molecule has 0 bridgehead atoms. The number of hydrogen-bond donors (Lipinski definition) is 0. The summed E-state index contributed by atoms with van der Waals surface area (Å²) in [6.07, 6.45) is 10.7. The zero-order chi connectivity index (χ0) is 13.0. The number of halogens is 2. The van der Waals surface area contributed by atoms with E-state index in [0.717, 1.165) is 11.8 Å². The minimum atomic E-state index is -1.40. The highest BCUT2D eigenvalue weighted by molar-refractivity contribution is 5.14. The second kappa shape index (κ2) is 6.68. The summed E-state index contributed by atoms with van der Waals surface area (Å²) in [5.74, 6) is 2.26. The predicted molar refractivity (Wildman–Crippen MR) is 71.6 cm³/mol. The molecule has 0 atom stereocenters. The van der Waals surface area contributed by atoms with Gasteiger partial charge < -0.3 is 0 Å². The van der Waals surface area contributed by atoms with Gasteiger partial charge in [0.05, 0.1) is 0 Å². The van der Waals surface area contributed by atoms with Gasteiger partial charge in [0, 0.05) is 0 Å². The van der Waals surface area contributed by atoms with Crippen LogP contribution in [0.15, 0.2) is 11.7 Å². The molecule has 0 amide bonds. The molecule has 0 aromatic carbocycles. The van der Waals surface area contributed by atoms with Crippen LogP contribution in [-0.4, -0.2) is 0 Å². The van der Waals surface area contributed by atoms with E-state index in [0.29, 0.717) is 24.3 Å². The number of rotatable bonds is 5. The molecule has 2 fully saturated rings. The molecule has 2 aliphatic carbocycles. The lowest BCUT2D eigenvalue weighted by Crippen LogP contribution is -2.28. The maximum Gasteiger partial charge on any atom is 0.269 e. The molecule has 2 rings (SSSR count). The van der Waals surface area contributed by atoms with Gasteiger partial charge >= 0.3 is 0 Å². The first-order chi connectivity index (χ1) is 8.70. The van der Waals surface area contributed by atoms with E-state index < -0.39 is 6.08 Å². The monoisotopic (exact) mass is 256 g/mol. The third kappa shape index (κ3) is 3.55. The number of hydrogen-bond acceptors (Lipinski definition) is 0. The van der Waals surface area contributed by atoms with Crippen LogP contribution in [0.25, 0.3) is 0 Å². The van der Waals surface area contributed by atoms with Crippen molar-refractivity contribution in [2.75, 3.05) is 0 Å². The van der Waals surface area contributed by atoms with E-state index >= 15 is 0 Å². The highest BCUT2D eigenvalue weighted by Gasteiger charge is 2.35. The quantitative estimate of drug-likeness (QED) is 0.534. The third-order valence-corrected chi connectivity index (χ3v) is 5.06. The fourth-order valence-corrected chi connectivity index (χ4v) is 3.69. The fraction of sp³-hybridized carbons (Fsp3) is 0.875. The Morgan fingerprint density at radius 1 is 1.00 bits per heavy atom. The summed E-state index contributed by atoms with van der Waals surface area (Å²) in [5.41, 5.74) is 0.435. The van der Waals surface area contributed by atoms with Gasteiger partial charge in [0.25, 0.3) is 6.08 Å². The van der Waals surface area contributed by atoms with E-state index in [4.69, 9.17) is 0 Å². The molecule has 2 saturated carbocycles. The Balaban J connectivity index is 1.64. The van der Waals surface area contributed by atoms with Crippen LogP contribution in [0, 0.1) is 17.8 Å². The summed E-state index contributed by atoms with van der Waals surface area (Å²) in [6.45, 7) is 2.25. The number of unbranched alkanes of at least 4 members (excludes halogenated alkanes) is 2. The Labute approximate surface area is 110 Å². The molecule has 0 unspecified atom stereocenters. The first-order valence-electron chi connectivity index (χ1n) is 7.73. The van der Waals surface area contributed by atoms with E-state index in [1.54, 1.807) is 0 Å². The molecule has 2 aliphatic rings. The molecule has 0 N–H and O–H groups in total. The summed E-state index contributed by atoms with van der Waals surface area (Å²) in [6, 6.07) is 0. The lowest BCUT2D eigenvalue weighted by molar-refractivity contribution is 0.161. The smallest absolute Gasteiger partial charge is 0.173 e. The van der Waals surface area contributed by atoms with Crippen molar-refractivity contribution in [1.82, 2.24) is 0 Å². The Morgan fingerprint density at radius 2 is 1.67 bits per heavy atom. The van der Waals surface area contributed by atoms with Crippen molar-refractivity contribution in [3.05, 3.63) is 11.7 Å². The van der Waals surface area contributed by atoms with E-state index in [1.165, 1.54) is 51.4 Å². The van der Waals surface area contributed by atoms with Gasteiger partial charge in [-0.1, -0.05) is 45.4 Å². The average Bonchev–Trinajstić information content (AvgIpc) is 2.29. The molecule has 104 valence electrons. The van der Waals surface area contributed by atoms with E-state index in [9.17, 15) is 8.78 Å². The third-order valence-electron chi connectivity index (χ3n) is 5.06. The van der Waals surface area contributed by atoms with Crippen molar-refractivity contribution in [3.8, 4) is 0 Å². The Bertz CT molecular complexity index is 275. The summed E-state index contributed by atoms with van der Waals surface area (Å²) in [7, 11) is 0. The van der Waals surface area contributed by atoms with Crippen LogP contribution >= 0.6 is 0 Å². The van der Waals surface area contributed by atoms with E-state index in [2.05, 4.69) is 6.92 Å². The normalized spacial score (nSPS) is 32.2. The molecule has 0 aromatic heterocycles. The van der Waals surface area contributed by atoms with Gasteiger partial charge in [0.1, 0.15) is 0 Å². The van der Waals surface area contributed by atoms with Gasteiger partial charge in [-0.25, -0.2) is 0 Å². The van der Waals surface area contributed by atoms with Crippen LogP contribution in [0.1, 0.15) is 71.1 Å². The minimum absolute atomic E-state index is 0.435. The molecule has 0 heterocycles. The highest BCUT2D eigenvalue weighted by Crippen LogP contribution is 2.47. The van der Waals surface area contributed by atoms with Crippen molar-refractivity contribution in [1.29, 1.82) is 0 Å². The molecule has 0 radical (unpaired) electrons. The first-order valence-corrected chi connectivity index (χ1v) is 7.73. The molecule has 18 heavy (non-hydrogen) atoms. The van der Waals surface area contributed by atoms with E-state index in [1.807, 2.05) is 0 Å². The Hall–Kier alpha value is -0.400. The van der Waals surface area contributed by atoms with Gasteiger partial charge in [-0.3, -0.25) is 0 Å². The second-order valence-corrected chi connectivity index (χ2v) is 6.31. The summed E-state index contributed by atoms with van der Waals surface area (Å²) in [4.78, 5) is 0. The van der Waals surface area contributed by atoms with Crippen LogP contribution in [-0.2, 0) is 0 Å². The lowest BCUT2D eigenvalue weighted by Gasteiger charge is -2.39. The maximum atomic E-state index is 12.3. The van der Waals surface area contributed by atoms with E-state index in [-0.39, 0.29) is 0 Å². The molecular formula is C16H26F2. The summed E-state index contributed by atoms with van der Waals surface area (Å²) < 4.78 is 24.7. The van der Waals surface area contributed by atoms with Crippen molar-refractivity contribution in [2.45, 2.75) is 71.1 Å². The summed E-state index contributed by atoms with van der Waals surface area (Å²) >= 11 is 0. The van der Waals surface area contributed by atoms with Gasteiger partial charge in [0.2, 0.25) is 0 Å². The fourth-order valence-electron chi connectivity index (χ4n) is 3.69. The van der Waals surface area contributed by atoms with Crippen molar-refractivity contribution >= 4 is 0 Å². The van der Waals surface area contributed by atoms with Crippen molar-refractivity contribution < 1.29 is 8.78 Å². The molecule has 0 aliphatic heterocycles. The number of allylic oxidation sites excluding steroid dienone is 1.